The van der Waals surface area contributed by atoms with Gasteiger partial charge in [-0.3, -0.25) is 0 Å². The molecular weight excluding hydrogens is 270 g/mol. The fraction of sp³-hybridized carbons (Fsp3) is 0.818. The highest BCUT2D eigenvalue weighted by Gasteiger charge is 2.24. The van der Waals surface area contributed by atoms with E-state index in [1.54, 1.807) is 23.1 Å². The maximum Gasteiger partial charge on any atom is 0.175 e. The van der Waals surface area contributed by atoms with Crippen LogP contribution in [0.3, 0.4) is 0 Å². The molecule has 3 nitrogen and oxygen atoms in total. The van der Waals surface area contributed by atoms with E-state index in [9.17, 15) is 0 Å². The first-order valence-electron chi connectivity index (χ1n) is 6.05. The van der Waals surface area contributed by atoms with E-state index >= 15 is 0 Å². The lowest BCUT2D eigenvalue weighted by Crippen LogP contribution is -2.34. The molecule has 1 heterocycles. The number of hydrogen-bond acceptors (Lipinski definition) is 6. The summed E-state index contributed by atoms with van der Waals surface area (Å²) < 4.78 is 2.20. The molecule has 2 rings (SSSR count). The van der Waals surface area contributed by atoms with Crippen molar-refractivity contribution < 1.29 is 0 Å². The lowest BCUT2D eigenvalue weighted by Gasteiger charge is -2.22. The third-order valence-electron chi connectivity index (χ3n) is 3.14. The molecular formula is C11H19N3S3. The molecule has 1 aromatic heterocycles. The van der Waals surface area contributed by atoms with Crippen LogP contribution >= 0.6 is 34.9 Å². The van der Waals surface area contributed by atoms with Gasteiger partial charge in [-0.05, 0) is 26.1 Å². The molecule has 1 saturated carbocycles. The zero-order valence-electron chi connectivity index (χ0n) is 10.3. The van der Waals surface area contributed by atoms with Crippen molar-refractivity contribution in [2.75, 3.05) is 13.3 Å². The first kappa shape index (κ1) is 13.6. The zero-order valence-corrected chi connectivity index (χ0v) is 12.8. The third kappa shape index (κ3) is 3.84. The monoisotopic (exact) mass is 289 g/mol. The summed E-state index contributed by atoms with van der Waals surface area (Å²) in [7, 11) is 2.08. The molecule has 17 heavy (non-hydrogen) atoms. The van der Waals surface area contributed by atoms with Crippen LogP contribution in [0.25, 0.3) is 0 Å². The summed E-state index contributed by atoms with van der Waals surface area (Å²) in [6, 6.07) is 0.629. The van der Waals surface area contributed by atoms with Crippen LogP contribution in [0, 0.1) is 0 Å². The molecule has 6 heteroatoms. The first-order valence-corrected chi connectivity index (χ1v) is 8.97. The Morgan fingerprint density at radius 2 is 1.94 bits per heavy atom. The maximum atomic E-state index is 4.26. The summed E-state index contributed by atoms with van der Waals surface area (Å²) in [5.41, 5.74) is 0. The molecule has 0 amide bonds. The van der Waals surface area contributed by atoms with E-state index in [4.69, 9.17) is 0 Å². The summed E-state index contributed by atoms with van der Waals surface area (Å²) >= 11 is 5.32. The summed E-state index contributed by atoms with van der Waals surface area (Å²) in [5, 5.41) is 12.6. The van der Waals surface area contributed by atoms with Crippen molar-refractivity contribution >= 4 is 34.9 Å². The fourth-order valence-electron chi connectivity index (χ4n) is 2.20. The van der Waals surface area contributed by atoms with E-state index in [2.05, 4.69) is 28.8 Å². The van der Waals surface area contributed by atoms with Crippen LogP contribution < -0.4 is 5.32 Å². The molecule has 0 spiro atoms. The minimum Gasteiger partial charge on any atom is -0.316 e. The average Bonchev–Trinajstić information content (AvgIpc) is 2.68. The van der Waals surface area contributed by atoms with Crippen molar-refractivity contribution in [3.63, 3.8) is 0 Å². The van der Waals surface area contributed by atoms with Crippen molar-refractivity contribution in [1.82, 2.24) is 15.5 Å². The Morgan fingerprint density at radius 1 is 1.18 bits per heavy atom. The Hall–Kier alpha value is 0.220. The van der Waals surface area contributed by atoms with Gasteiger partial charge in [0.05, 0.1) is 0 Å². The number of rotatable bonds is 4. The second-order valence-electron chi connectivity index (χ2n) is 4.23. The predicted octanol–water partition coefficient (Wildman–Crippen LogP) is 3.27. The topological polar surface area (TPSA) is 37.8 Å². The summed E-state index contributed by atoms with van der Waals surface area (Å²) in [6.45, 7) is 0. The van der Waals surface area contributed by atoms with E-state index in [1.165, 1.54) is 32.1 Å². The third-order valence-corrected chi connectivity index (χ3v) is 6.52. The van der Waals surface area contributed by atoms with Crippen LogP contribution in [-0.4, -0.2) is 34.8 Å². The molecule has 2 unspecified atom stereocenters. The van der Waals surface area contributed by atoms with Gasteiger partial charge in [0.1, 0.15) is 0 Å². The van der Waals surface area contributed by atoms with E-state index in [1.807, 2.05) is 11.8 Å². The Kier molecular flexibility index (Phi) is 5.59. The summed E-state index contributed by atoms with van der Waals surface area (Å²) in [5.74, 6) is 0. The van der Waals surface area contributed by atoms with Gasteiger partial charge in [0.15, 0.2) is 8.68 Å². The Bertz CT molecular complexity index is 342. The Balaban J connectivity index is 1.99. The zero-order chi connectivity index (χ0) is 12.1. The van der Waals surface area contributed by atoms with Crippen molar-refractivity contribution in [1.29, 1.82) is 0 Å². The molecule has 1 fully saturated rings. The number of hydrogen-bond donors (Lipinski definition) is 1. The van der Waals surface area contributed by atoms with Crippen LogP contribution in [0.2, 0.25) is 0 Å². The molecule has 96 valence electrons. The number of nitrogens with zero attached hydrogens (tertiary/aromatic N) is 2. The maximum absolute atomic E-state index is 4.26. The van der Waals surface area contributed by atoms with E-state index in [-0.39, 0.29) is 0 Å². The predicted molar refractivity (Wildman–Crippen MR) is 77.3 cm³/mol. The molecule has 0 radical (unpaired) electrons. The number of thioether (sulfide) groups is 2. The molecule has 2 atom stereocenters. The normalized spacial score (nSPS) is 25.8. The SMILES string of the molecule is CNC1CCCCCC1Sc1nnc(SC)s1. The number of nitrogens with one attached hydrogen (secondary N) is 1. The van der Waals surface area contributed by atoms with Crippen molar-refractivity contribution in [2.45, 2.75) is 52.1 Å². The fourth-order valence-corrected chi connectivity index (χ4v) is 5.23. The standard InChI is InChI=1S/C11H19N3S3/c1-12-8-6-4-3-5-7-9(8)16-11-14-13-10(15-2)17-11/h8-9,12H,3-7H2,1-2H3. The highest BCUT2D eigenvalue weighted by Crippen LogP contribution is 2.35. The van der Waals surface area contributed by atoms with Crippen molar-refractivity contribution in [3.8, 4) is 0 Å². The van der Waals surface area contributed by atoms with Gasteiger partial charge in [0.2, 0.25) is 0 Å². The van der Waals surface area contributed by atoms with Crippen LogP contribution in [-0.2, 0) is 0 Å². The molecule has 1 aromatic rings. The van der Waals surface area contributed by atoms with Crippen LogP contribution in [0.5, 0.6) is 0 Å². The van der Waals surface area contributed by atoms with Crippen LogP contribution in [0.1, 0.15) is 32.1 Å². The molecule has 0 aliphatic heterocycles. The quantitative estimate of drug-likeness (QED) is 0.680. The van der Waals surface area contributed by atoms with Gasteiger partial charge in [-0.2, -0.15) is 0 Å². The highest BCUT2D eigenvalue weighted by molar-refractivity contribution is 8.03. The molecule has 0 saturated heterocycles. The van der Waals surface area contributed by atoms with Gasteiger partial charge in [0.25, 0.3) is 0 Å². The largest absolute Gasteiger partial charge is 0.316 e. The first-order chi connectivity index (χ1) is 8.33. The Morgan fingerprint density at radius 3 is 2.65 bits per heavy atom. The second-order valence-corrected chi connectivity index (χ2v) is 7.74. The van der Waals surface area contributed by atoms with E-state index < -0.39 is 0 Å². The van der Waals surface area contributed by atoms with E-state index in [0.717, 1.165) is 8.68 Å². The van der Waals surface area contributed by atoms with Gasteiger partial charge in [-0.15, -0.1) is 10.2 Å². The van der Waals surface area contributed by atoms with Crippen molar-refractivity contribution in [3.05, 3.63) is 0 Å². The van der Waals surface area contributed by atoms with Gasteiger partial charge in [-0.1, -0.05) is 54.1 Å². The second kappa shape index (κ2) is 6.97. The lowest BCUT2D eigenvalue weighted by atomic mass is 10.1. The van der Waals surface area contributed by atoms with Crippen LogP contribution in [0.15, 0.2) is 8.68 Å². The average molecular weight is 289 g/mol. The minimum absolute atomic E-state index is 0.629. The number of aromatic nitrogens is 2. The molecule has 1 N–H and O–H groups in total. The van der Waals surface area contributed by atoms with Gasteiger partial charge < -0.3 is 5.32 Å². The van der Waals surface area contributed by atoms with Gasteiger partial charge in [0, 0.05) is 11.3 Å². The van der Waals surface area contributed by atoms with Gasteiger partial charge >= 0.3 is 0 Å². The smallest absolute Gasteiger partial charge is 0.175 e. The highest BCUT2D eigenvalue weighted by atomic mass is 32.2. The summed E-state index contributed by atoms with van der Waals surface area (Å²) in [6.07, 6.45) is 8.73. The van der Waals surface area contributed by atoms with Gasteiger partial charge in [-0.25, -0.2) is 0 Å². The molecule has 1 aliphatic carbocycles. The summed E-state index contributed by atoms with van der Waals surface area (Å²) in [4.78, 5) is 0. The van der Waals surface area contributed by atoms with E-state index in [0.29, 0.717) is 11.3 Å². The molecule has 0 aromatic carbocycles. The van der Waals surface area contributed by atoms with Crippen molar-refractivity contribution in [2.24, 2.45) is 0 Å². The molecule has 0 bridgehead atoms. The van der Waals surface area contributed by atoms with Crippen LogP contribution in [0.4, 0.5) is 0 Å². The molecule has 1 aliphatic rings. The lowest BCUT2D eigenvalue weighted by molar-refractivity contribution is 0.510. The minimum atomic E-state index is 0.629. The Labute approximate surface area is 116 Å².